The first kappa shape index (κ1) is 15.6. The molecule has 0 radical (unpaired) electrons. The van der Waals surface area contributed by atoms with E-state index in [1.54, 1.807) is 18.2 Å². The fourth-order valence-corrected chi connectivity index (χ4v) is 2.62. The molecule has 2 nitrogen and oxygen atoms in total. The van der Waals surface area contributed by atoms with Crippen LogP contribution in [-0.4, -0.2) is 6.04 Å². The van der Waals surface area contributed by atoms with Crippen LogP contribution in [0.5, 0.6) is 11.5 Å². The minimum absolute atomic E-state index is 0.112. The molecule has 106 valence electrons. The summed E-state index contributed by atoms with van der Waals surface area (Å²) >= 11 is 15.5. The summed E-state index contributed by atoms with van der Waals surface area (Å²) in [6, 6.07) is 11.0. The molecule has 2 N–H and O–H groups in total. The maximum atomic E-state index is 6.07. The number of benzene rings is 2. The third-order valence-electron chi connectivity index (χ3n) is 2.69. The van der Waals surface area contributed by atoms with Crippen molar-refractivity contribution < 1.29 is 4.74 Å². The van der Waals surface area contributed by atoms with Gasteiger partial charge in [-0.25, -0.2) is 0 Å². The van der Waals surface area contributed by atoms with E-state index in [1.165, 1.54) is 0 Å². The van der Waals surface area contributed by atoms with Gasteiger partial charge in [0.2, 0.25) is 0 Å². The van der Waals surface area contributed by atoms with Crippen LogP contribution in [0.25, 0.3) is 0 Å². The number of nitrogens with two attached hydrogens (primary N) is 1. The average Bonchev–Trinajstić information content (AvgIpc) is 2.37. The van der Waals surface area contributed by atoms with Crippen LogP contribution < -0.4 is 10.5 Å². The highest BCUT2D eigenvalue weighted by Gasteiger charge is 2.08. The van der Waals surface area contributed by atoms with Gasteiger partial charge in [0.05, 0.1) is 5.02 Å². The minimum Gasteiger partial charge on any atom is -0.456 e. The van der Waals surface area contributed by atoms with Gasteiger partial charge in [-0.15, -0.1) is 0 Å². The molecule has 0 aliphatic rings. The monoisotopic (exact) mass is 373 g/mol. The van der Waals surface area contributed by atoms with Crippen LogP contribution >= 0.6 is 39.1 Å². The molecule has 0 spiro atoms. The second-order valence-corrected chi connectivity index (χ2v) is 6.31. The first-order valence-corrected chi connectivity index (χ1v) is 7.67. The topological polar surface area (TPSA) is 35.2 Å². The summed E-state index contributed by atoms with van der Waals surface area (Å²) in [6.07, 6.45) is 0.804. The van der Waals surface area contributed by atoms with Crippen LogP contribution in [0.3, 0.4) is 0 Å². The van der Waals surface area contributed by atoms with Crippen molar-refractivity contribution >= 4 is 39.1 Å². The first-order chi connectivity index (χ1) is 9.45. The predicted octanol–water partition coefficient (Wildman–Crippen LogP) is 5.44. The van der Waals surface area contributed by atoms with Gasteiger partial charge in [-0.1, -0.05) is 45.2 Å². The van der Waals surface area contributed by atoms with Gasteiger partial charge < -0.3 is 10.5 Å². The van der Waals surface area contributed by atoms with Gasteiger partial charge in [0.15, 0.2) is 0 Å². The van der Waals surface area contributed by atoms with E-state index < -0.39 is 0 Å². The van der Waals surface area contributed by atoms with Gasteiger partial charge in [-0.3, -0.25) is 0 Å². The molecule has 0 aromatic heterocycles. The molecule has 0 amide bonds. The molecule has 1 atom stereocenters. The molecular weight excluding hydrogens is 361 g/mol. The van der Waals surface area contributed by atoms with E-state index in [0.29, 0.717) is 21.5 Å². The lowest BCUT2D eigenvalue weighted by Gasteiger charge is -2.11. The molecule has 0 saturated heterocycles. The van der Waals surface area contributed by atoms with Gasteiger partial charge in [0.1, 0.15) is 11.5 Å². The zero-order valence-electron chi connectivity index (χ0n) is 10.9. The van der Waals surface area contributed by atoms with E-state index in [-0.39, 0.29) is 6.04 Å². The van der Waals surface area contributed by atoms with Gasteiger partial charge in [-0.2, -0.15) is 0 Å². The Bertz CT molecular complexity index is 617. The smallest absolute Gasteiger partial charge is 0.147 e. The third kappa shape index (κ3) is 4.13. The minimum atomic E-state index is 0.112. The number of rotatable bonds is 4. The lowest BCUT2D eigenvalue weighted by atomic mass is 10.1. The maximum absolute atomic E-state index is 6.07. The first-order valence-electron chi connectivity index (χ1n) is 6.12. The van der Waals surface area contributed by atoms with Crippen LogP contribution in [0.4, 0.5) is 0 Å². The van der Waals surface area contributed by atoms with Crippen molar-refractivity contribution in [3.63, 3.8) is 0 Å². The Labute approximate surface area is 137 Å². The Balaban J connectivity index is 2.22. The highest BCUT2D eigenvalue weighted by molar-refractivity contribution is 9.10. The standard InChI is InChI=1S/C15H14BrCl2NO/c1-9(19)6-10-2-4-12(8-13(10)16)20-15-7-11(17)3-5-14(15)18/h2-5,7-9H,6,19H2,1H3. The molecule has 0 saturated carbocycles. The van der Waals surface area contributed by atoms with Crippen LogP contribution in [0.2, 0.25) is 10.0 Å². The largest absolute Gasteiger partial charge is 0.456 e. The van der Waals surface area contributed by atoms with E-state index in [2.05, 4.69) is 15.9 Å². The van der Waals surface area contributed by atoms with Crippen molar-refractivity contribution in [3.05, 3.63) is 56.5 Å². The van der Waals surface area contributed by atoms with Gasteiger partial charge in [-0.05, 0) is 43.2 Å². The van der Waals surface area contributed by atoms with Gasteiger partial charge in [0, 0.05) is 21.6 Å². The van der Waals surface area contributed by atoms with Gasteiger partial charge >= 0.3 is 0 Å². The molecule has 0 bridgehead atoms. The molecule has 2 aromatic rings. The second kappa shape index (κ2) is 6.81. The van der Waals surface area contributed by atoms with Crippen LogP contribution in [0.15, 0.2) is 40.9 Å². The molecule has 0 fully saturated rings. The summed E-state index contributed by atoms with van der Waals surface area (Å²) in [5.41, 5.74) is 6.95. The molecule has 2 aromatic carbocycles. The number of halogens is 3. The summed E-state index contributed by atoms with van der Waals surface area (Å²) < 4.78 is 6.72. The van der Waals surface area contributed by atoms with E-state index in [4.69, 9.17) is 33.7 Å². The molecule has 1 unspecified atom stereocenters. The van der Waals surface area contributed by atoms with Gasteiger partial charge in [0.25, 0.3) is 0 Å². The van der Waals surface area contributed by atoms with E-state index in [9.17, 15) is 0 Å². The zero-order valence-corrected chi connectivity index (χ0v) is 14.0. The highest BCUT2D eigenvalue weighted by Crippen LogP contribution is 2.33. The molecular formula is C15H14BrCl2NO. The molecule has 5 heteroatoms. The molecule has 0 heterocycles. The van der Waals surface area contributed by atoms with Crippen LogP contribution in [0.1, 0.15) is 12.5 Å². The zero-order chi connectivity index (χ0) is 14.7. The Hall–Kier alpha value is -0.740. The summed E-state index contributed by atoms with van der Waals surface area (Å²) in [5.74, 6) is 1.22. The molecule has 2 rings (SSSR count). The van der Waals surface area contributed by atoms with E-state index in [1.807, 2.05) is 25.1 Å². The van der Waals surface area contributed by atoms with E-state index in [0.717, 1.165) is 16.5 Å². The Morgan fingerprint density at radius 3 is 2.60 bits per heavy atom. The summed E-state index contributed by atoms with van der Waals surface area (Å²) in [7, 11) is 0. The van der Waals surface area contributed by atoms with Crippen molar-refractivity contribution in [2.75, 3.05) is 0 Å². The molecule has 20 heavy (non-hydrogen) atoms. The fourth-order valence-electron chi connectivity index (χ4n) is 1.79. The summed E-state index contributed by atoms with van der Waals surface area (Å²) in [5, 5.41) is 1.10. The normalized spacial score (nSPS) is 12.2. The van der Waals surface area contributed by atoms with Crippen LogP contribution in [0, 0.1) is 0 Å². The number of ether oxygens (including phenoxy) is 1. The van der Waals surface area contributed by atoms with Crippen molar-refractivity contribution in [1.29, 1.82) is 0 Å². The maximum Gasteiger partial charge on any atom is 0.147 e. The van der Waals surface area contributed by atoms with Crippen molar-refractivity contribution in [2.24, 2.45) is 5.73 Å². The highest BCUT2D eigenvalue weighted by atomic mass is 79.9. The van der Waals surface area contributed by atoms with Crippen molar-refractivity contribution in [1.82, 2.24) is 0 Å². The Morgan fingerprint density at radius 2 is 1.95 bits per heavy atom. The fraction of sp³-hybridized carbons (Fsp3) is 0.200. The summed E-state index contributed by atoms with van der Waals surface area (Å²) in [4.78, 5) is 0. The average molecular weight is 375 g/mol. The molecule has 0 aliphatic carbocycles. The second-order valence-electron chi connectivity index (χ2n) is 4.61. The van der Waals surface area contributed by atoms with E-state index >= 15 is 0 Å². The van der Waals surface area contributed by atoms with Crippen molar-refractivity contribution in [3.8, 4) is 11.5 Å². The number of hydrogen-bond donors (Lipinski definition) is 1. The SMILES string of the molecule is CC(N)Cc1ccc(Oc2cc(Cl)ccc2Cl)cc1Br. The lowest BCUT2D eigenvalue weighted by Crippen LogP contribution is -2.17. The quantitative estimate of drug-likeness (QED) is 0.773. The number of hydrogen-bond acceptors (Lipinski definition) is 2. The summed E-state index contributed by atoms with van der Waals surface area (Å²) in [6.45, 7) is 1.97. The lowest BCUT2D eigenvalue weighted by molar-refractivity contribution is 0.482. The predicted molar refractivity (Wildman–Crippen MR) is 88.0 cm³/mol. The van der Waals surface area contributed by atoms with Crippen LogP contribution in [-0.2, 0) is 6.42 Å². The Kier molecular flexibility index (Phi) is 5.33. The van der Waals surface area contributed by atoms with Crippen molar-refractivity contribution in [2.45, 2.75) is 19.4 Å². The third-order valence-corrected chi connectivity index (χ3v) is 3.97. The Morgan fingerprint density at radius 1 is 1.20 bits per heavy atom. The molecule has 0 aliphatic heterocycles.